The molecule has 1 saturated carbocycles. The second-order valence-corrected chi connectivity index (χ2v) is 7.01. The number of aldehydes is 1. The zero-order valence-electron chi connectivity index (χ0n) is 15.0. The molecule has 0 saturated heterocycles. The molecule has 0 spiro atoms. The first-order valence-electron chi connectivity index (χ1n) is 8.76. The maximum absolute atomic E-state index is 11.5. The number of carbonyl (C=O) groups is 1. The van der Waals surface area contributed by atoms with Crippen LogP contribution in [0.15, 0.2) is 42.1 Å². The lowest BCUT2D eigenvalue weighted by Crippen LogP contribution is -2.56. The molecule has 136 valence electrons. The summed E-state index contributed by atoms with van der Waals surface area (Å²) < 4.78 is 0. The molecule has 0 amide bonds. The lowest BCUT2D eigenvalue weighted by molar-refractivity contribution is 0.112. The van der Waals surface area contributed by atoms with Crippen molar-refractivity contribution >= 4 is 12.0 Å². The van der Waals surface area contributed by atoms with Crippen LogP contribution < -0.4 is 10.6 Å². The molecule has 7 nitrogen and oxygen atoms in total. The third-order valence-electron chi connectivity index (χ3n) is 5.00. The molecule has 0 bridgehead atoms. The topological polar surface area (TPSA) is 102 Å². The molecule has 1 aliphatic carbocycles. The fourth-order valence-electron chi connectivity index (χ4n) is 3.81. The monoisotopic (exact) mass is 353 g/mol. The van der Waals surface area contributed by atoms with E-state index in [-0.39, 0.29) is 12.1 Å². The van der Waals surface area contributed by atoms with E-state index in [2.05, 4.69) is 33.9 Å². The van der Waals surface area contributed by atoms with Gasteiger partial charge in [0.1, 0.15) is 12.6 Å². The highest BCUT2D eigenvalue weighted by molar-refractivity contribution is 5.85. The SMILES string of the molecule is CC(C)N(c1ccc(C=O)cc1-c1cncnc1)C1CCCC1(N)N=O. The summed E-state index contributed by atoms with van der Waals surface area (Å²) in [6.07, 6.45) is 7.91. The summed E-state index contributed by atoms with van der Waals surface area (Å²) in [4.78, 5) is 33.1. The molecule has 1 fully saturated rings. The van der Waals surface area contributed by atoms with E-state index in [9.17, 15) is 9.70 Å². The summed E-state index contributed by atoms with van der Waals surface area (Å²) in [5.41, 5.74) is 8.31. The van der Waals surface area contributed by atoms with Gasteiger partial charge in [-0.05, 0) is 56.5 Å². The van der Waals surface area contributed by atoms with Gasteiger partial charge in [-0.25, -0.2) is 9.97 Å². The average Bonchev–Trinajstić information content (AvgIpc) is 3.04. The average molecular weight is 353 g/mol. The highest BCUT2D eigenvalue weighted by atomic mass is 16.3. The summed E-state index contributed by atoms with van der Waals surface area (Å²) in [5, 5.41) is 3.27. The van der Waals surface area contributed by atoms with Crippen LogP contribution in [0.25, 0.3) is 11.1 Å². The Labute approximate surface area is 152 Å². The zero-order chi connectivity index (χ0) is 18.7. The van der Waals surface area contributed by atoms with Gasteiger partial charge in [0, 0.05) is 40.8 Å². The highest BCUT2D eigenvalue weighted by Crippen LogP contribution is 2.40. The second kappa shape index (κ2) is 7.29. The van der Waals surface area contributed by atoms with Crippen molar-refractivity contribution in [2.45, 2.75) is 50.9 Å². The van der Waals surface area contributed by atoms with E-state index in [0.29, 0.717) is 12.0 Å². The van der Waals surface area contributed by atoms with Crippen molar-refractivity contribution in [2.24, 2.45) is 10.9 Å². The van der Waals surface area contributed by atoms with Crippen molar-refractivity contribution < 1.29 is 4.79 Å². The molecular formula is C19H23N5O2. The van der Waals surface area contributed by atoms with Gasteiger partial charge in [-0.3, -0.25) is 4.79 Å². The Balaban J connectivity index is 2.16. The fraction of sp³-hybridized carbons (Fsp3) is 0.421. The fourth-order valence-corrected chi connectivity index (χ4v) is 3.81. The van der Waals surface area contributed by atoms with Crippen LogP contribution in [0.1, 0.15) is 43.5 Å². The quantitative estimate of drug-likeness (QED) is 0.632. The first kappa shape index (κ1) is 18.1. The van der Waals surface area contributed by atoms with Crippen LogP contribution in [0.4, 0.5) is 5.69 Å². The molecule has 2 N–H and O–H groups in total. The Morgan fingerprint density at radius 3 is 2.69 bits per heavy atom. The molecule has 2 atom stereocenters. The van der Waals surface area contributed by atoms with E-state index in [1.807, 2.05) is 12.1 Å². The van der Waals surface area contributed by atoms with Gasteiger partial charge in [0.2, 0.25) is 0 Å². The van der Waals surface area contributed by atoms with E-state index >= 15 is 0 Å². The Morgan fingerprint density at radius 1 is 1.35 bits per heavy atom. The summed E-state index contributed by atoms with van der Waals surface area (Å²) in [7, 11) is 0. The number of nitrogens with zero attached hydrogens (tertiary/aromatic N) is 4. The van der Waals surface area contributed by atoms with Gasteiger partial charge in [-0.1, -0.05) is 0 Å². The van der Waals surface area contributed by atoms with E-state index < -0.39 is 5.66 Å². The van der Waals surface area contributed by atoms with Crippen molar-refractivity contribution in [1.29, 1.82) is 0 Å². The number of benzene rings is 1. The number of nitroso groups, excluding NO2 is 1. The molecule has 2 aromatic rings. The molecule has 1 aromatic heterocycles. The van der Waals surface area contributed by atoms with Crippen molar-refractivity contribution in [1.82, 2.24) is 9.97 Å². The maximum atomic E-state index is 11.5. The Hall–Kier alpha value is -2.67. The predicted octanol–water partition coefficient (Wildman–Crippen LogP) is 3.14. The molecular weight excluding hydrogens is 330 g/mol. The number of carbonyl (C=O) groups excluding carboxylic acids is 1. The smallest absolute Gasteiger partial charge is 0.170 e. The Morgan fingerprint density at radius 2 is 2.08 bits per heavy atom. The van der Waals surface area contributed by atoms with E-state index in [1.165, 1.54) is 6.33 Å². The van der Waals surface area contributed by atoms with Gasteiger partial charge in [-0.15, -0.1) is 4.91 Å². The molecule has 26 heavy (non-hydrogen) atoms. The zero-order valence-corrected chi connectivity index (χ0v) is 15.0. The van der Waals surface area contributed by atoms with E-state index in [1.54, 1.807) is 18.5 Å². The Kier molecular flexibility index (Phi) is 5.08. The first-order chi connectivity index (χ1) is 12.5. The molecule has 2 unspecified atom stereocenters. The van der Waals surface area contributed by atoms with Crippen LogP contribution in [-0.2, 0) is 0 Å². The normalized spacial score (nSPS) is 22.4. The third-order valence-corrected chi connectivity index (χ3v) is 5.00. The van der Waals surface area contributed by atoms with Gasteiger partial charge < -0.3 is 10.6 Å². The van der Waals surface area contributed by atoms with Crippen molar-refractivity contribution in [3.63, 3.8) is 0 Å². The number of hydrogen-bond acceptors (Lipinski definition) is 7. The van der Waals surface area contributed by atoms with Crippen LogP contribution in [0.3, 0.4) is 0 Å². The Bertz CT molecular complexity index is 796. The molecule has 0 radical (unpaired) electrons. The number of anilines is 1. The van der Waals surface area contributed by atoms with Crippen molar-refractivity contribution in [3.05, 3.63) is 47.4 Å². The number of nitrogens with two attached hydrogens (primary N) is 1. The van der Waals surface area contributed by atoms with Crippen LogP contribution in [0.5, 0.6) is 0 Å². The summed E-state index contributed by atoms with van der Waals surface area (Å²) >= 11 is 0. The van der Waals surface area contributed by atoms with E-state index in [4.69, 9.17) is 5.73 Å². The minimum atomic E-state index is -1.11. The third kappa shape index (κ3) is 3.22. The minimum Gasteiger partial charge on any atom is -0.362 e. The van der Waals surface area contributed by atoms with Crippen LogP contribution >= 0.6 is 0 Å². The number of hydrogen-bond donors (Lipinski definition) is 1. The predicted molar refractivity (Wildman–Crippen MR) is 101 cm³/mol. The maximum Gasteiger partial charge on any atom is 0.170 e. The number of aromatic nitrogens is 2. The molecule has 1 aromatic carbocycles. The van der Waals surface area contributed by atoms with Gasteiger partial charge in [0.15, 0.2) is 5.66 Å². The summed E-state index contributed by atoms with van der Waals surface area (Å²) in [6.45, 7) is 4.12. The number of rotatable bonds is 6. The lowest BCUT2D eigenvalue weighted by atomic mass is 9.97. The molecule has 1 aliphatic rings. The van der Waals surface area contributed by atoms with Crippen molar-refractivity contribution in [2.75, 3.05) is 4.90 Å². The van der Waals surface area contributed by atoms with E-state index in [0.717, 1.165) is 35.9 Å². The molecule has 0 aliphatic heterocycles. The van der Waals surface area contributed by atoms with Gasteiger partial charge in [0.05, 0.1) is 6.04 Å². The lowest BCUT2D eigenvalue weighted by Gasteiger charge is -2.41. The van der Waals surface area contributed by atoms with Gasteiger partial charge in [0.25, 0.3) is 0 Å². The van der Waals surface area contributed by atoms with Gasteiger partial charge >= 0.3 is 0 Å². The molecule has 7 heteroatoms. The summed E-state index contributed by atoms with van der Waals surface area (Å²) in [6, 6.07) is 5.37. The minimum absolute atomic E-state index is 0.0910. The molecule has 3 rings (SSSR count). The first-order valence-corrected chi connectivity index (χ1v) is 8.76. The largest absolute Gasteiger partial charge is 0.362 e. The second-order valence-electron chi connectivity index (χ2n) is 7.01. The molecule has 1 heterocycles. The summed E-state index contributed by atoms with van der Waals surface area (Å²) in [5.74, 6) is 0. The van der Waals surface area contributed by atoms with Crippen LogP contribution in [0, 0.1) is 4.91 Å². The standard InChI is InChI=1S/C19H23N5O2/c1-13(2)24(18-4-3-7-19(18,20)23-26)17-6-5-14(11-25)8-16(17)15-9-21-12-22-10-15/h5-6,8-13,18H,3-4,7,20H2,1-2H3. The highest BCUT2D eigenvalue weighted by Gasteiger charge is 2.46. The van der Waals surface area contributed by atoms with Crippen LogP contribution in [-0.4, -0.2) is 34.0 Å². The van der Waals surface area contributed by atoms with Crippen LogP contribution in [0.2, 0.25) is 0 Å². The van der Waals surface area contributed by atoms with Crippen molar-refractivity contribution in [3.8, 4) is 11.1 Å². The van der Waals surface area contributed by atoms with Gasteiger partial charge in [-0.2, -0.15) is 0 Å².